The quantitative estimate of drug-likeness (QED) is 0.0324. The lowest BCUT2D eigenvalue weighted by molar-refractivity contribution is -0.143. The molecule has 0 aliphatic rings. The molecule has 0 saturated heterocycles. The van der Waals surface area contributed by atoms with Gasteiger partial charge in [-0.1, -0.05) is 212 Å². The van der Waals surface area contributed by atoms with E-state index in [0.717, 1.165) is 44.9 Å². The zero-order valence-corrected chi connectivity index (χ0v) is 37.4. The van der Waals surface area contributed by atoms with Crippen molar-refractivity contribution in [3.05, 3.63) is 24.3 Å². The number of rotatable bonds is 45. The van der Waals surface area contributed by atoms with Crippen molar-refractivity contribution >= 4 is 11.9 Å². The number of amides is 1. The van der Waals surface area contributed by atoms with Crippen molar-refractivity contribution in [2.45, 2.75) is 270 Å². The maximum Gasteiger partial charge on any atom is 0.305 e. The van der Waals surface area contributed by atoms with Crippen molar-refractivity contribution in [1.82, 2.24) is 5.32 Å². The number of hydrogen-bond donors (Lipinski definition) is 3. The first-order valence-electron chi connectivity index (χ1n) is 24.6. The smallest absolute Gasteiger partial charge is 0.305 e. The van der Waals surface area contributed by atoms with Crippen LogP contribution in [0.4, 0.5) is 0 Å². The molecule has 3 N–H and O–H groups in total. The molecule has 0 aliphatic heterocycles. The highest BCUT2D eigenvalue weighted by Gasteiger charge is 2.18. The fourth-order valence-corrected chi connectivity index (χ4v) is 7.39. The molecule has 0 heterocycles. The third-order valence-electron chi connectivity index (χ3n) is 11.2. The van der Waals surface area contributed by atoms with Crippen molar-refractivity contribution in [2.24, 2.45) is 0 Å². The van der Waals surface area contributed by atoms with Crippen LogP contribution in [-0.4, -0.2) is 47.4 Å². The highest BCUT2D eigenvalue weighted by molar-refractivity contribution is 5.76. The summed E-state index contributed by atoms with van der Waals surface area (Å²) in [5.41, 5.74) is 0. The predicted octanol–water partition coefficient (Wildman–Crippen LogP) is 14.3. The van der Waals surface area contributed by atoms with Crippen LogP contribution in [-0.2, 0) is 14.3 Å². The lowest BCUT2D eigenvalue weighted by Gasteiger charge is -2.20. The number of nitrogens with one attached hydrogen (secondary N) is 1. The normalized spacial score (nSPS) is 12.9. The van der Waals surface area contributed by atoms with E-state index in [1.165, 1.54) is 186 Å². The lowest BCUT2D eigenvalue weighted by atomic mass is 10.0. The third kappa shape index (κ3) is 42.0. The summed E-state index contributed by atoms with van der Waals surface area (Å²) in [6, 6.07) is -0.631. The summed E-state index contributed by atoms with van der Waals surface area (Å²) in [4.78, 5) is 24.4. The van der Waals surface area contributed by atoms with Gasteiger partial charge in [-0.15, -0.1) is 0 Å². The lowest BCUT2D eigenvalue weighted by Crippen LogP contribution is -2.45. The molecule has 330 valence electrons. The summed E-state index contributed by atoms with van der Waals surface area (Å²) in [6.07, 6.45) is 53.1. The van der Waals surface area contributed by atoms with Gasteiger partial charge in [-0.05, 0) is 57.8 Å². The first kappa shape index (κ1) is 54.3. The Morgan fingerprint density at radius 2 is 0.839 bits per heavy atom. The van der Waals surface area contributed by atoms with E-state index < -0.39 is 12.1 Å². The van der Waals surface area contributed by atoms with Gasteiger partial charge >= 0.3 is 5.97 Å². The van der Waals surface area contributed by atoms with E-state index in [0.29, 0.717) is 19.4 Å². The van der Waals surface area contributed by atoms with Crippen molar-refractivity contribution < 1.29 is 24.5 Å². The van der Waals surface area contributed by atoms with Gasteiger partial charge in [-0.3, -0.25) is 9.59 Å². The second-order valence-corrected chi connectivity index (χ2v) is 16.8. The van der Waals surface area contributed by atoms with Gasteiger partial charge in [-0.2, -0.15) is 0 Å². The fourth-order valence-electron chi connectivity index (χ4n) is 7.39. The van der Waals surface area contributed by atoms with Crippen LogP contribution in [0.15, 0.2) is 24.3 Å². The Hall–Kier alpha value is -1.66. The van der Waals surface area contributed by atoms with E-state index in [2.05, 4.69) is 31.3 Å². The van der Waals surface area contributed by atoms with E-state index >= 15 is 0 Å². The highest BCUT2D eigenvalue weighted by atomic mass is 16.5. The first-order chi connectivity index (χ1) is 27.5. The van der Waals surface area contributed by atoms with Crippen LogP contribution in [0.2, 0.25) is 0 Å². The topological polar surface area (TPSA) is 95.9 Å². The van der Waals surface area contributed by atoms with Crippen molar-refractivity contribution in [3.63, 3.8) is 0 Å². The second-order valence-electron chi connectivity index (χ2n) is 16.8. The van der Waals surface area contributed by atoms with Crippen LogP contribution in [0.5, 0.6) is 0 Å². The van der Waals surface area contributed by atoms with Gasteiger partial charge in [0.25, 0.3) is 0 Å². The number of allylic oxidation sites excluding steroid dienone is 3. The molecule has 56 heavy (non-hydrogen) atoms. The molecule has 1 amide bonds. The highest BCUT2D eigenvalue weighted by Crippen LogP contribution is 2.15. The fraction of sp³-hybridized carbons (Fsp3) is 0.880. The number of hydrogen-bond acceptors (Lipinski definition) is 5. The summed E-state index contributed by atoms with van der Waals surface area (Å²) in [5.74, 6) is -0.0854. The second kappa shape index (κ2) is 46.0. The van der Waals surface area contributed by atoms with Gasteiger partial charge in [0.1, 0.15) is 0 Å². The number of carbonyl (C=O) groups excluding carboxylic acids is 2. The molecule has 0 aliphatic carbocycles. The maximum atomic E-state index is 12.4. The molecule has 0 radical (unpaired) electrons. The molecular weight excluding hydrogens is 695 g/mol. The van der Waals surface area contributed by atoms with Gasteiger partial charge in [-0.25, -0.2) is 0 Å². The summed E-state index contributed by atoms with van der Waals surface area (Å²) in [5, 5.41) is 22.9. The molecule has 6 heteroatoms. The Kier molecular flexibility index (Phi) is 44.7. The van der Waals surface area contributed by atoms with Crippen LogP contribution in [0.25, 0.3) is 0 Å². The average molecular weight is 790 g/mol. The molecule has 0 saturated carbocycles. The van der Waals surface area contributed by atoms with Crippen LogP contribution in [0.1, 0.15) is 258 Å². The number of unbranched alkanes of at least 4 members (excludes halogenated alkanes) is 32. The molecule has 2 atom stereocenters. The maximum absolute atomic E-state index is 12.4. The summed E-state index contributed by atoms with van der Waals surface area (Å²) in [6.45, 7) is 4.84. The third-order valence-corrected chi connectivity index (χ3v) is 11.2. The zero-order valence-electron chi connectivity index (χ0n) is 37.4. The van der Waals surface area contributed by atoms with E-state index in [-0.39, 0.29) is 18.5 Å². The largest absolute Gasteiger partial charge is 0.466 e. The summed E-state index contributed by atoms with van der Waals surface area (Å²) in [7, 11) is 0. The number of esters is 1. The van der Waals surface area contributed by atoms with Gasteiger partial charge in [0, 0.05) is 12.8 Å². The molecule has 0 rings (SSSR count). The molecule has 0 spiro atoms. The molecule has 0 bridgehead atoms. The molecule has 0 fully saturated rings. The average Bonchev–Trinajstić information content (AvgIpc) is 3.20. The Balaban J connectivity index is 3.45. The summed E-state index contributed by atoms with van der Waals surface area (Å²) >= 11 is 0. The minimum Gasteiger partial charge on any atom is -0.466 e. The molecule has 0 aromatic carbocycles. The number of aliphatic hydroxyl groups is 2. The SMILES string of the molecule is CCCCC/C=C\CCCCCCCC(=O)OCCCCCCCCCCCCCCCCCCC(=O)NC(CO)C(O)/C=C/CCCCCCCCCCC. The molecule has 6 nitrogen and oxygen atoms in total. The Morgan fingerprint density at radius 3 is 1.30 bits per heavy atom. The number of aliphatic hydroxyl groups excluding tert-OH is 2. The molecule has 0 aromatic heterocycles. The van der Waals surface area contributed by atoms with Gasteiger partial charge in [0.2, 0.25) is 5.91 Å². The van der Waals surface area contributed by atoms with Crippen LogP contribution < -0.4 is 5.32 Å². The van der Waals surface area contributed by atoms with E-state index in [9.17, 15) is 19.8 Å². The van der Waals surface area contributed by atoms with Crippen LogP contribution in [0, 0.1) is 0 Å². The van der Waals surface area contributed by atoms with Gasteiger partial charge in [0.05, 0.1) is 25.4 Å². The van der Waals surface area contributed by atoms with E-state index in [1.807, 2.05) is 6.08 Å². The first-order valence-corrected chi connectivity index (χ1v) is 24.6. The van der Waals surface area contributed by atoms with Crippen molar-refractivity contribution in [1.29, 1.82) is 0 Å². The monoisotopic (exact) mass is 790 g/mol. The Bertz CT molecular complexity index is 874. The van der Waals surface area contributed by atoms with Gasteiger partial charge < -0.3 is 20.3 Å². The van der Waals surface area contributed by atoms with Crippen molar-refractivity contribution in [3.8, 4) is 0 Å². The van der Waals surface area contributed by atoms with Crippen LogP contribution >= 0.6 is 0 Å². The molecule has 2 unspecified atom stereocenters. The number of carbonyl (C=O) groups is 2. The predicted molar refractivity (Wildman–Crippen MR) is 241 cm³/mol. The minimum atomic E-state index is -0.847. The van der Waals surface area contributed by atoms with Crippen LogP contribution in [0.3, 0.4) is 0 Å². The number of ether oxygens (including phenoxy) is 1. The molecule has 0 aromatic rings. The molecular formula is C50H95NO5. The summed E-state index contributed by atoms with van der Waals surface area (Å²) < 4.78 is 5.45. The minimum absolute atomic E-state index is 0.00862. The van der Waals surface area contributed by atoms with Crippen molar-refractivity contribution in [2.75, 3.05) is 13.2 Å². The van der Waals surface area contributed by atoms with E-state index in [4.69, 9.17) is 4.74 Å². The Morgan fingerprint density at radius 1 is 0.482 bits per heavy atom. The standard InChI is InChI=1S/C50H95NO5/c1-3-5-7-9-11-13-15-24-28-32-36-40-44-50(55)56-45-41-37-33-29-25-21-19-17-16-18-20-23-27-31-35-39-43-49(54)51-47(46-52)48(53)42-38-34-30-26-22-14-12-10-8-6-4-2/h11,13,38,42,47-48,52-53H,3-10,12,14-37,39-41,43-46H2,1-2H3,(H,51,54)/b13-11-,42-38+. The zero-order chi connectivity index (χ0) is 40.8. The van der Waals surface area contributed by atoms with Gasteiger partial charge in [0.15, 0.2) is 0 Å². The van der Waals surface area contributed by atoms with E-state index in [1.54, 1.807) is 6.08 Å². The Labute approximate surface area is 348 Å².